The molecule has 3 aliphatic rings. The van der Waals surface area contributed by atoms with E-state index in [1.54, 1.807) is 6.33 Å². The van der Waals surface area contributed by atoms with E-state index in [0.717, 1.165) is 61.6 Å². The summed E-state index contributed by atoms with van der Waals surface area (Å²) >= 11 is 0. The number of aryl methyl sites for hydroxylation is 2. The Hall–Kier alpha value is -2.71. The fourth-order valence-electron chi connectivity index (χ4n) is 5.58. The zero-order valence-electron chi connectivity index (χ0n) is 19.5. The molecule has 0 aliphatic carbocycles. The second kappa shape index (κ2) is 9.65. The molecule has 9 nitrogen and oxygen atoms in total. The first-order chi connectivity index (χ1) is 16.2. The molecule has 2 fully saturated rings. The van der Waals surface area contributed by atoms with Crippen molar-refractivity contribution in [3.8, 4) is 0 Å². The molecule has 1 amide bonds. The molecule has 0 aromatic carbocycles. The minimum absolute atomic E-state index is 0.0525. The Balaban J connectivity index is 1.28. The number of piperidine rings is 2. The maximum Gasteiger partial charge on any atom is 0.309 e. The zero-order valence-corrected chi connectivity index (χ0v) is 19.5. The number of amides is 1. The molecule has 2 saturated heterocycles. The Bertz CT molecular complexity index is 1010. The molecule has 2 aromatic heterocycles. The number of aromatic nitrogens is 4. The summed E-state index contributed by atoms with van der Waals surface area (Å²) in [6.45, 7) is 6.00. The summed E-state index contributed by atoms with van der Waals surface area (Å²) in [5.74, 6) is 1.91. The number of imidazole rings is 1. The molecule has 0 unspecified atom stereocenters. The van der Waals surface area contributed by atoms with Crippen molar-refractivity contribution in [3.05, 3.63) is 12.2 Å². The number of hydrogen-bond donors (Lipinski definition) is 0. The van der Waals surface area contributed by atoms with E-state index >= 15 is 0 Å². The maximum absolute atomic E-state index is 13.3. The molecule has 2 aromatic rings. The highest BCUT2D eigenvalue weighted by Crippen LogP contribution is 2.30. The number of rotatable bonds is 4. The van der Waals surface area contributed by atoms with Crippen LogP contribution in [-0.2, 0) is 27.3 Å². The summed E-state index contributed by atoms with van der Waals surface area (Å²) in [6, 6.07) is 0. The molecule has 0 saturated carbocycles. The van der Waals surface area contributed by atoms with Crippen LogP contribution in [0.15, 0.2) is 6.33 Å². The first-order valence-corrected chi connectivity index (χ1v) is 12.6. The van der Waals surface area contributed by atoms with Crippen LogP contribution in [0.1, 0.15) is 57.7 Å². The van der Waals surface area contributed by atoms with Crippen LogP contribution < -0.4 is 4.90 Å². The van der Waals surface area contributed by atoms with E-state index in [1.807, 2.05) is 11.8 Å². The highest BCUT2D eigenvalue weighted by Gasteiger charge is 2.34. The van der Waals surface area contributed by atoms with Crippen LogP contribution in [-0.4, -0.2) is 69.1 Å². The van der Waals surface area contributed by atoms with Crippen molar-refractivity contribution in [1.82, 2.24) is 24.4 Å². The number of ether oxygens (including phenoxy) is 1. The summed E-state index contributed by atoms with van der Waals surface area (Å²) in [7, 11) is 0. The van der Waals surface area contributed by atoms with Gasteiger partial charge in [0, 0.05) is 39.1 Å². The van der Waals surface area contributed by atoms with Gasteiger partial charge in [0.05, 0.1) is 18.4 Å². The highest BCUT2D eigenvalue weighted by atomic mass is 16.5. The quantitative estimate of drug-likeness (QED) is 0.656. The number of likely N-dealkylation sites (tertiary alicyclic amines) is 1. The second-order valence-corrected chi connectivity index (χ2v) is 9.50. The van der Waals surface area contributed by atoms with Gasteiger partial charge in [-0.2, -0.15) is 0 Å². The lowest BCUT2D eigenvalue weighted by atomic mass is 9.92. The predicted molar refractivity (Wildman–Crippen MR) is 124 cm³/mol. The number of hydrogen-bond acceptors (Lipinski definition) is 7. The van der Waals surface area contributed by atoms with Gasteiger partial charge in [-0.25, -0.2) is 15.0 Å². The van der Waals surface area contributed by atoms with E-state index in [1.165, 1.54) is 12.8 Å². The van der Waals surface area contributed by atoms with Crippen molar-refractivity contribution in [3.63, 3.8) is 0 Å². The number of anilines is 1. The van der Waals surface area contributed by atoms with Gasteiger partial charge in [0.15, 0.2) is 17.0 Å². The third kappa shape index (κ3) is 4.42. The third-order valence-electron chi connectivity index (χ3n) is 7.37. The monoisotopic (exact) mass is 454 g/mol. The van der Waals surface area contributed by atoms with Crippen LogP contribution in [0.25, 0.3) is 11.2 Å². The molecular formula is C24H34N6O3. The van der Waals surface area contributed by atoms with Crippen molar-refractivity contribution >= 4 is 28.9 Å². The molecule has 1 atom stereocenters. The number of carbonyl (C=O) groups excluding carboxylic acids is 2. The van der Waals surface area contributed by atoms with Gasteiger partial charge in [-0.05, 0) is 45.4 Å². The predicted octanol–water partition coefficient (Wildman–Crippen LogP) is 2.57. The number of carbonyl (C=O) groups is 2. The number of fused-ring (bicyclic) bond motifs is 3. The molecule has 3 aliphatic heterocycles. The lowest BCUT2D eigenvalue weighted by Gasteiger charge is -2.37. The highest BCUT2D eigenvalue weighted by molar-refractivity contribution is 5.85. The summed E-state index contributed by atoms with van der Waals surface area (Å²) in [5.41, 5.74) is 1.80. The van der Waals surface area contributed by atoms with Crippen LogP contribution in [0, 0.1) is 11.8 Å². The number of esters is 1. The van der Waals surface area contributed by atoms with Gasteiger partial charge < -0.3 is 19.1 Å². The Labute approximate surface area is 194 Å². The zero-order chi connectivity index (χ0) is 22.8. The first-order valence-electron chi connectivity index (χ1n) is 12.6. The minimum Gasteiger partial charge on any atom is -0.466 e. The Kier molecular flexibility index (Phi) is 6.46. The summed E-state index contributed by atoms with van der Waals surface area (Å²) in [5, 5.41) is 0. The van der Waals surface area contributed by atoms with E-state index in [0.29, 0.717) is 39.1 Å². The van der Waals surface area contributed by atoms with Gasteiger partial charge in [0.25, 0.3) is 0 Å². The van der Waals surface area contributed by atoms with E-state index < -0.39 is 0 Å². The van der Waals surface area contributed by atoms with Crippen molar-refractivity contribution < 1.29 is 14.3 Å². The lowest BCUT2D eigenvalue weighted by molar-refractivity contribution is -0.151. The largest absolute Gasteiger partial charge is 0.466 e. The summed E-state index contributed by atoms with van der Waals surface area (Å²) in [4.78, 5) is 43.6. The van der Waals surface area contributed by atoms with E-state index in [-0.39, 0.29) is 23.7 Å². The molecule has 0 radical (unpaired) electrons. The molecule has 5 heterocycles. The summed E-state index contributed by atoms with van der Waals surface area (Å²) in [6.07, 6.45) is 9.40. The summed E-state index contributed by atoms with van der Waals surface area (Å²) < 4.78 is 7.42. The molecule has 0 N–H and O–H groups in total. The fourth-order valence-corrected chi connectivity index (χ4v) is 5.58. The van der Waals surface area contributed by atoms with E-state index in [4.69, 9.17) is 9.72 Å². The second-order valence-electron chi connectivity index (χ2n) is 9.50. The van der Waals surface area contributed by atoms with Crippen molar-refractivity contribution in [2.75, 3.05) is 37.7 Å². The molecular weight excluding hydrogens is 420 g/mol. The van der Waals surface area contributed by atoms with E-state index in [9.17, 15) is 9.59 Å². The molecule has 9 heteroatoms. The van der Waals surface area contributed by atoms with Crippen LogP contribution in [0.4, 0.5) is 5.82 Å². The molecule has 5 rings (SSSR count). The first kappa shape index (κ1) is 22.1. The topological polar surface area (TPSA) is 93.4 Å². The molecule has 0 bridgehead atoms. The van der Waals surface area contributed by atoms with Crippen molar-refractivity contribution in [2.45, 2.75) is 64.8 Å². The lowest BCUT2D eigenvalue weighted by Crippen LogP contribution is -2.48. The molecule has 33 heavy (non-hydrogen) atoms. The normalized spacial score (nSPS) is 22.2. The van der Waals surface area contributed by atoms with Gasteiger partial charge in [-0.3, -0.25) is 9.59 Å². The van der Waals surface area contributed by atoms with Crippen LogP contribution >= 0.6 is 0 Å². The molecule has 0 spiro atoms. The van der Waals surface area contributed by atoms with Crippen LogP contribution in [0.5, 0.6) is 0 Å². The average molecular weight is 455 g/mol. The number of nitrogens with zero attached hydrogens (tertiary/aromatic N) is 6. The fraction of sp³-hybridized carbons (Fsp3) is 0.708. The smallest absolute Gasteiger partial charge is 0.309 e. The Morgan fingerprint density at radius 2 is 1.85 bits per heavy atom. The van der Waals surface area contributed by atoms with Gasteiger partial charge in [-0.15, -0.1) is 0 Å². The maximum atomic E-state index is 13.3. The van der Waals surface area contributed by atoms with Crippen LogP contribution in [0.3, 0.4) is 0 Å². The molecule has 178 valence electrons. The standard InChI is InChI=1S/C24H34N6O3/c1-2-33-24(32)17-9-13-28(14-10-17)23(31)18-7-6-11-29(15-18)21-20-22(26-16-25-21)30-12-5-3-4-8-19(30)27-20/h16-18H,2-15H2,1H3/t18-/m0/s1. The third-order valence-corrected chi connectivity index (χ3v) is 7.37. The Morgan fingerprint density at radius 3 is 2.67 bits per heavy atom. The van der Waals surface area contributed by atoms with Gasteiger partial charge in [0.2, 0.25) is 5.91 Å². The minimum atomic E-state index is -0.125. The van der Waals surface area contributed by atoms with Crippen molar-refractivity contribution in [1.29, 1.82) is 0 Å². The Morgan fingerprint density at radius 1 is 1.00 bits per heavy atom. The van der Waals surface area contributed by atoms with E-state index in [2.05, 4.69) is 19.4 Å². The van der Waals surface area contributed by atoms with Gasteiger partial charge in [-0.1, -0.05) is 6.42 Å². The SMILES string of the molecule is CCOC(=O)C1CCN(C(=O)[C@H]2CCCN(c3ncnc4c3nc3n4CCCCC3)C2)CC1. The van der Waals surface area contributed by atoms with Crippen LogP contribution in [0.2, 0.25) is 0 Å². The van der Waals surface area contributed by atoms with Gasteiger partial charge >= 0.3 is 5.97 Å². The van der Waals surface area contributed by atoms with Crippen molar-refractivity contribution in [2.24, 2.45) is 11.8 Å². The van der Waals surface area contributed by atoms with Gasteiger partial charge in [0.1, 0.15) is 12.2 Å². The average Bonchev–Trinajstić information content (AvgIpc) is 3.04.